The molecule has 1 aromatic heterocycles. The van der Waals surface area contributed by atoms with E-state index in [9.17, 15) is 13.2 Å². The van der Waals surface area contributed by atoms with Gasteiger partial charge in [-0.25, -0.2) is 8.42 Å². The van der Waals surface area contributed by atoms with E-state index < -0.39 is 9.84 Å². The van der Waals surface area contributed by atoms with E-state index in [1.165, 1.54) is 6.08 Å². The number of carbonyl (C=O) groups excluding carboxylic acids is 1. The lowest BCUT2D eigenvalue weighted by Gasteiger charge is -2.07. The highest BCUT2D eigenvalue weighted by atomic mass is 32.2. The second-order valence-electron chi connectivity index (χ2n) is 4.36. The molecule has 1 amide bonds. The number of sulfone groups is 1. The fraction of sp³-hybridized carbons (Fsp3) is 0.417. The van der Waals surface area contributed by atoms with Crippen LogP contribution >= 0.6 is 11.3 Å². The summed E-state index contributed by atoms with van der Waals surface area (Å²) in [6.07, 6.45) is 3.89. The van der Waals surface area contributed by atoms with Gasteiger partial charge in [-0.2, -0.15) is 0 Å². The Labute approximate surface area is 111 Å². The predicted molar refractivity (Wildman–Crippen MR) is 73.1 cm³/mol. The molecule has 1 saturated heterocycles. The first-order chi connectivity index (χ1) is 8.55. The summed E-state index contributed by atoms with van der Waals surface area (Å²) in [6, 6.07) is 3.85. The van der Waals surface area contributed by atoms with Gasteiger partial charge in [0.05, 0.1) is 11.5 Å². The van der Waals surface area contributed by atoms with Gasteiger partial charge in [0.25, 0.3) is 0 Å². The number of thiophene rings is 1. The summed E-state index contributed by atoms with van der Waals surface area (Å²) >= 11 is 1.56. The normalized spacial score (nSPS) is 22.3. The summed E-state index contributed by atoms with van der Waals surface area (Å²) < 4.78 is 22.5. The fourth-order valence-electron chi connectivity index (χ4n) is 1.88. The van der Waals surface area contributed by atoms with Gasteiger partial charge in [0, 0.05) is 17.5 Å². The van der Waals surface area contributed by atoms with Gasteiger partial charge in [-0.15, -0.1) is 11.3 Å². The van der Waals surface area contributed by atoms with Crippen LogP contribution in [-0.4, -0.2) is 32.4 Å². The zero-order valence-electron chi connectivity index (χ0n) is 9.83. The number of rotatable bonds is 4. The highest BCUT2D eigenvalue weighted by Crippen LogP contribution is 2.17. The summed E-state index contributed by atoms with van der Waals surface area (Å²) in [5.74, 6) is 0.335. The molecule has 0 saturated carbocycles. The standard InChI is InChI=1S/C12H15NO3S2/c14-12(4-3-11-2-1-6-17-11)13-8-10-5-7-18(15,16)9-10/h1-4,6,10H,5,7-9H2,(H,13,14)/b4-3+/t10-/m1/s1. The lowest BCUT2D eigenvalue weighted by atomic mass is 10.1. The molecule has 2 heterocycles. The molecular formula is C12H15NO3S2. The van der Waals surface area contributed by atoms with Crippen molar-refractivity contribution < 1.29 is 13.2 Å². The second kappa shape index (κ2) is 5.67. The zero-order chi connectivity index (χ0) is 13.0. The topological polar surface area (TPSA) is 63.2 Å². The van der Waals surface area contributed by atoms with Crippen LogP contribution in [0.3, 0.4) is 0 Å². The molecule has 1 aromatic rings. The van der Waals surface area contributed by atoms with Crippen molar-refractivity contribution in [1.29, 1.82) is 0 Å². The summed E-state index contributed by atoms with van der Waals surface area (Å²) in [5.41, 5.74) is 0. The van der Waals surface area contributed by atoms with Crippen molar-refractivity contribution >= 4 is 33.2 Å². The van der Waals surface area contributed by atoms with Gasteiger partial charge in [0.15, 0.2) is 9.84 Å². The minimum Gasteiger partial charge on any atom is -0.352 e. The molecular weight excluding hydrogens is 270 g/mol. The van der Waals surface area contributed by atoms with Crippen molar-refractivity contribution in [3.05, 3.63) is 28.5 Å². The van der Waals surface area contributed by atoms with Gasteiger partial charge in [0.1, 0.15) is 0 Å². The maximum atomic E-state index is 11.5. The summed E-state index contributed by atoms with van der Waals surface area (Å²) in [5, 5.41) is 4.68. The Morgan fingerprint density at radius 2 is 2.39 bits per heavy atom. The van der Waals surface area contributed by atoms with Crippen molar-refractivity contribution in [3.8, 4) is 0 Å². The molecule has 0 bridgehead atoms. The lowest BCUT2D eigenvalue weighted by molar-refractivity contribution is -0.116. The van der Waals surface area contributed by atoms with Gasteiger partial charge in [-0.05, 0) is 29.9 Å². The first-order valence-corrected chi connectivity index (χ1v) is 8.45. The largest absolute Gasteiger partial charge is 0.352 e. The maximum Gasteiger partial charge on any atom is 0.244 e. The molecule has 4 nitrogen and oxygen atoms in total. The highest BCUT2D eigenvalue weighted by Gasteiger charge is 2.27. The van der Waals surface area contributed by atoms with Crippen LogP contribution in [0, 0.1) is 5.92 Å². The fourth-order valence-corrected chi connectivity index (χ4v) is 4.36. The third kappa shape index (κ3) is 3.96. The van der Waals surface area contributed by atoms with Crippen LogP contribution in [0.5, 0.6) is 0 Å². The van der Waals surface area contributed by atoms with Gasteiger partial charge >= 0.3 is 0 Å². The molecule has 1 atom stereocenters. The van der Waals surface area contributed by atoms with E-state index >= 15 is 0 Å². The van der Waals surface area contributed by atoms with Gasteiger partial charge in [-0.1, -0.05) is 6.07 Å². The Kier molecular flexibility index (Phi) is 4.19. The minimum absolute atomic E-state index is 0.0640. The SMILES string of the molecule is O=C(/C=C/c1cccs1)NC[C@H]1CCS(=O)(=O)C1. The van der Waals surface area contributed by atoms with Crippen LogP contribution < -0.4 is 5.32 Å². The number of hydrogen-bond donors (Lipinski definition) is 1. The van der Waals surface area contributed by atoms with E-state index in [2.05, 4.69) is 5.32 Å². The number of nitrogens with one attached hydrogen (secondary N) is 1. The van der Waals surface area contributed by atoms with E-state index in [4.69, 9.17) is 0 Å². The Morgan fingerprint density at radius 3 is 3.00 bits per heavy atom. The summed E-state index contributed by atoms with van der Waals surface area (Å²) in [4.78, 5) is 12.5. The van der Waals surface area contributed by atoms with Crippen LogP contribution in [0.15, 0.2) is 23.6 Å². The third-order valence-electron chi connectivity index (χ3n) is 2.83. The number of hydrogen-bond acceptors (Lipinski definition) is 4. The molecule has 0 radical (unpaired) electrons. The molecule has 98 valence electrons. The molecule has 6 heteroatoms. The molecule has 18 heavy (non-hydrogen) atoms. The van der Waals surface area contributed by atoms with E-state index in [1.807, 2.05) is 17.5 Å². The third-order valence-corrected chi connectivity index (χ3v) is 5.51. The van der Waals surface area contributed by atoms with Crippen molar-refractivity contribution in [3.63, 3.8) is 0 Å². The quantitative estimate of drug-likeness (QED) is 0.848. The predicted octanol–water partition coefficient (Wildman–Crippen LogP) is 1.31. The van der Waals surface area contributed by atoms with E-state index in [0.717, 1.165) is 4.88 Å². The molecule has 2 rings (SSSR count). The van der Waals surface area contributed by atoms with Crippen LogP contribution in [0.2, 0.25) is 0 Å². The molecule has 1 N–H and O–H groups in total. The first kappa shape index (κ1) is 13.3. The van der Waals surface area contributed by atoms with Crippen LogP contribution in [0.4, 0.5) is 0 Å². The Balaban J connectivity index is 1.76. The van der Waals surface area contributed by atoms with E-state index in [-0.39, 0.29) is 23.3 Å². The molecule has 0 aliphatic carbocycles. The van der Waals surface area contributed by atoms with Gasteiger partial charge in [-0.3, -0.25) is 4.79 Å². The van der Waals surface area contributed by atoms with Crippen LogP contribution in [-0.2, 0) is 14.6 Å². The minimum atomic E-state index is -2.86. The Bertz CT molecular complexity index is 532. The average Bonchev–Trinajstić information content (AvgIpc) is 2.93. The van der Waals surface area contributed by atoms with Gasteiger partial charge in [0.2, 0.25) is 5.91 Å². The second-order valence-corrected chi connectivity index (χ2v) is 7.57. The highest BCUT2D eigenvalue weighted by molar-refractivity contribution is 7.91. The summed E-state index contributed by atoms with van der Waals surface area (Å²) in [7, 11) is -2.86. The van der Waals surface area contributed by atoms with Gasteiger partial charge < -0.3 is 5.32 Å². The average molecular weight is 285 g/mol. The van der Waals surface area contributed by atoms with Crippen molar-refractivity contribution in [2.45, 2.75) is 6.42 Å². The Hall–Kier alpha value is -1.14. The number of carbonyl (C=O) groups is 1. The maximum absolute atomic E-state index is 11.5. The van der Waals surface area contributed by atoms with Crippen LogP contribution in [0.25, 0.3) is 6.08 Å². The van der Waals surface area contributed by atoms with Crippen molar-refractivity contribution in [2.75, 3.05) is 18.1 Å². The molecule has 1 aliphatic rings. The van der Waals surface area contributed by atoms with E-state index in [0.29, 0.717) is 13.0 Å². The monoisotopic (exact) mass is 285 g/mol. The molecule has 0 spiro atoms. The Morgan fingerprint density at radius 1 is 1.56 bits per heavy atom. The van der Waals surface area contributed by atoms with E-state index in [1.54, 1.807) is 17.4 Å². The van der Waals surface area contributed by atoms with Crippen LogP contribution in [0.1, 0.15) is 11.3 Å². The van der Waals surface area contributed by atoms with Crippen molar-refractivity contribution in [1.82, 2.24) is 5.32 Å². The molecule has 0 aromatic carbocycles. The molecule has 1 fully saturated rings. The smallest absolute Gasteiger partial charge is 0.244 e. The zero-order valence-corrected chi connectivity index (χ0v) is 11.5. The molecule has 1 aliphatic heterocycles. The molecule has 0 unspecified atom stereocenters. The summed E-state index contributed by atoms with van der Waals surface area (Å²) in [6.45, 7) is 0.437. The number of amides is 1. The lowest BCUT2D eigenvalue weighted by Crippen LogP contribution is -2.28. The first-order valence-electron chi connectivity index (χ1n) is 5.75. The van der Waals surface area contributed by atoms with Crippen molar-refractivity contribution in [2.24, 2.45) is 5.92 Å².